The molecule has 1 aromatic carbocycles. The van der Waals surface area contributed by atoms with Gasteiger partial charge in [-0.15, -0.1) is 0 Å². The minimum Gasteiger partial charge on any atom is -0.481 e. The van der Waals surface area contributed by atoms with Crippen LogP contribution >= 0.6 is 11.6 Å². The van der Waals surface area contributed by atoms with Crippen LogP contribution in [0.3, 0.4) is 0 Å². The van der Waals surface area contributed by atoms with E-state index in [-0.39, 0.29) is 0 Å². The molecule has 2 aromatic heterocycles. The summed E-state index contributed by atoms with van der Waals surface area (Å²) in [5.74, 6) is 1.06. The Hall–Kier alpha value is -2.00. The number of benzene rings is 1. The van der Waals surface area contributed by atoms with E-state index in [1.165, 1.54) is 5.69 Å². The van der Waals surface area contributed by atoms with Gasteiger partial charge in [-0.25, -0.2) is 4.98 Å². The van der Waals surface area contributed by atoms with E-state index >= 15 is 0 Å². The highest BCUT2D eigenvalue weighted by atomic mass is 35.5. The molecule has 2 heterocycles. The first kappa shape index (κ1) is 14.0. The van der Waals surface area contributed by atoms with Crippen molar-refractivity contribution in [3.8, 4) is 17.0 Å². The average molecular weight is 301 g/mol. The van der Waals surface area contributed by atoms with Crippen LogP contribution in [0.5, 0.6) is 5.88 Å². The number of nitrogens with zero attached hydrogens (tertiary/aromatic N) is 1. The Morgan fingerprint density at radius 1 is 1.19 bits per heavy atom. The maximum absolute atomic E-state index is 6.43. The second-order valence-corrected chi connectivity index (χ2v) is 5.80. The zero-order valence-electron chi connectivity index (χ0n) is 12.3. The number of pyridine rings is 1. The second kappa shape index (κ2) is 5.41. The van der Waals surface area contributed by atoms with Gasteiger partial charge in [0, 0.05) is 45.0 Å². The smallest absolute Gasteiger partial charge is 0.212 e. The Kier molecular flexibility index (Phi) is 3.60. The van der Waals surface area contributed by atoms with Gasteiger partial charge in [-0.2, -0.15) is 0 Å². The highest BCUT2D eigenvalue weighted by molar-refractivity contribution is 6.34. The van der Waals surface area contributed by atoms with Crippen LogP contribution in [-0.2, 0) is 0 Å². The van der Waals surface area contributed by atoms with Gasteiger partial charge in [-0.05, 0) is 30.2 Å². The minimum atomic E-state index is 0.460. The first-order valence-corrected chi connectivity index (χ1v) is 7.29. The monoisotopic (exact) mass is 300 g/mol. The van der Waals surface area contributed by atoms with E-state index in [0.717, 1.165) is 27.1 Å². The second-order valence-electron chi connectivity index (χ2n) is 5.39. The average Bonchev–Trinajstić information content (AvgIpc) is 2.89. The predicted molar refractivity (Wildman–Crippen MR) is 87.2 cm³/mol. The number of hydrogen-bond donors (Lipinski definition) is 1. The van der Waals surface area contributed by atoms with E-state index in [2.05, 4.69) is 35.9 Å². The molecule has 3 rings (SSSR count). The van der Waals surface area contributed by atoms with Gasteiger partial charge in [-0.3, -0.25) is 0 Å². The minimum absolute atomic E-state index is 0.460. The molecule has 0 saturated heterocycles. The lowest BCUT2D eigenvalue weighted by molar-refractivity contribution is 0.398. The summed E-state index contributed by atoms with van der Waals surface area (Å²) in [6.45, 7) is 4.33. The lowest BCUT2D eigenvalue weighted by Gasteiger charge is -2.06. The highest BCUT2D eigenvalue weighted by Gasteiger charge is 2.10. The molecule has 0 fully saturated rings. The predicted octanol–water partition coefficient (Wildman–Crippen LogP) is 5.02. The van der Waals surface area contributed by atoms with E-state index in [9.17, 15) is 0 Å². The molecule has 0 aliphatic heterocycles. The summed E-state index contributed by atoms with van der Waals surface area (Å²) in [4.78, 5) is 7.69. The number of ether oxygens (including phenoxy) is 1. The fourth-order valence-electron chi connectivity index (χ4n) is 2.37. The van der Waals surface area contributed by atoms with E-state index in [0.29, 0.717) is 11.8 Å². The molecule has 0 bridgehead atoms. The SMILES string of the molecule is COc1ccc(-c2cc3[nH]c(C(C)C)cc3cc2Cl)cn1. The van der Waals surface area contributed by atoms with Crippen LogP contribution < -0.4 is 4.74 Å². The Morgan fingerprint density at radius 3 is 2.62 bits per heavy atom. The van der Waals surface area contributed by atoms with Gasteiger partial charge >= 0.3 is 0 Å². The normalized spacial score (nSPS) is 11.3. The number of H-pyrrole nitrogens is 1. The third-order valence-electron chi connectivity index (χ3n) is 3.61. The lowest BCUT2D eigenvalue weighted by Crippen LogP contribution is -1.88. The van der Waals surface area contributed by atoms with Gasteiger partial charge in [0.25, 0.3) is 0 Å². The number of halogens is 1. The Bertz CT molecular complexity index is 775. The highest BCUT2D eigenvalue weighted by Crippen LogP contribution is 2.33. The molecule has 0 spiro atoms. The molecule has 0 aliphatic carbocycles. The molecule has 0 unspecified atom stereocenters. The molecule has 3 nitrogen and oxygen atoms in total. The van der Waals surface area contributed by atoms with Crippen molar-refractivity contribution >= 4 is 22.5 Å². The maximum Gasteiger partial charge on any atom is 0.212 e. The first-order valence-electron chi connectivity index (χ1n) is 6.91. The number of nitrogens with one attached hydrogen (secondary N) is 1. The quantitative estimate of drug-likeness (QED) is 0.738. The lowest BCUT2D eigenvalue weighted by atomic mass is 10.1. The zero-order valence-corrected chi connectivity index (χ0v) is 13.0. The first-order chi connectivity index (χ1) is 10.1. The summed E-state index contributed by atoms with van der Waals surface area (Å²) >= 11 is 6.43. The van der Waals surface area contributed by atoms with E-state index < -0.39 is 0 Å². The third kappa shape index (κ3) is 2.61. The molecule has 1 N–H and O–H groups in total. The summed E-state index contributed by atoms with van der Waals surface area (Å²) in [6, 6.07) is 10.0. The fourth-order valence-corrected chi connectivity index (χ4v) is 2.65. The summed E-state index contributed by atoms with van der Waals surface area (Å²) < 4.78 is 5.08. The number of fused-ring (bicyclic) bond motifs is 1. The van der Waals surface area contributed by atoms with Crippen molar-refractivity contribution in [3.63, 3.8) is 0 Å². The van der Waals surface area contributed by atoms with Gasteiger partial charge in [-0.1, -0.05) is 25.4 Å². The Morgan fingerprint density at radius 2 is 2.00 bits per heavy atom. The van der Waals surface area contributed by atoms with E-state index in [4.69, 9.17) is 16.3 Å². The van der Waals surface area contributed by atoms with Crippen LogP contribution in [0.2, 0.25) is 5.02 Å². The van der Waals surface area contributed by atoms with Gasteiger partial charge in [0.15, 0.2) is 0 Å². The maximum atomic E-state index is 6.43. The van der Waals surface area contributed by atoms with E-state index in [1.54, 1.807) is 13.3 Å². The number of hydrogen-bond acceptors (Lipinski definition) is 2. The molecule has 3 aromatic rings. The van der Waals surface area contributed by atoms with Crippen LogP contribution in [0.25, 0.3) is 22.0 Å². The van der Waals surface area contributed by atoms with Crippen molar-refractivity contribution in [2.45, 2.75) is 19.8 Å². The Labute approximate surface area is 128 Å². The van der Waals surface area contributed by atoms with Gasteiger partial charge in [0.2, 0.25) is 5.88 Å². The molecule has 0 aliphatic rings. The van der Waals surface area contributed by atoms with Crippen LogP contribution in [0.4, 0.5) is 0 Å². The number of aromatic nitrogens is 2. The number of aromatic amines is 1. The van der Waals surface area contributed by atoms with Crippen molar-refractivity contribution in [3.05, 3.63) is 47.2 Å². The molecular formula is C17H17ClN2O. The van der Waals surface area contributed by atoms with Crippen molar-refractivity contribution in [2.24, 2.45) is 0 Å². The van der Waals surface area contributed by atoms with Crippen molar-refractivity contribution in [2.75, 3.05) is 7.11 Å². The fraction of sp³-hybridized carbons (Fsp3) is 0.235. The molecule has 0 atom stereocenters. The van der Waals surface area contributed by atoms with Crippen LogP contribution in [-0.4, -0.2) is 17.1 Å². The molecule has 0 amide bonds. The largest absolute Gasteiger partial charge is 0.481 e. The zero-order chi connectivity index (χ0) is 15.0. The number of methoxy groups -OCH3 is 1. The third-order valence-corrected chi connectivity index (χ3v) is 3.92. The standard InChI is InChI=1S/C17H17ClN2O/c1-10(2)15-7-12-6-14(18)13(8-16(12)20-15)11-4-5-17(21-3)19-9-11/h4-10,20H,1-3H3. The molecule has 4 heteroatoms. The summed E-state index contributed by atoms with van der Waals surface area (Å²) in [7, 11) is 1.60. The van der Waals surface area contributed by atoms with Crippen molar-refractivity contribution < 1.29 is 4.74 Å². The van der Waals surface area contributed by atoms with Crippen LogP contribution in [0.1, 0.15) is 25.5 Å². The molecule has 0 saturated carbocycles. The topological polar surface area (TPSA) is 37.9 Å². The summed E-state index contributed by atoms with van der Waals surface area (Å²) in [6.07, 6.45) is 1.78. The van der Waals surface area contributed by atoms with Crippen molar-refractivity contribution in [1.82, 2.24) is 9.97 Å². The molecule has 108 valence electrons. The van der Waals surface area contributed by atoms with Crippen molar-refractivity contribution in [1.29, 1.82) is 0 Å². The van der Waals surface area contributed by atoms with Crippen LogP contribution in [0, 0.1) is 0 Å². The molecule has 0 radical (unpaired) electrons. The molecular weight excluding hydrogens is 284 g/mol. The summed E-state index contributed by atoms with van der Waals surface area (Å²) in [5.41, 5.74) is 4.25. The van der Waals surface area contributed by atoms with Gasteiger partial charge < -0.3 is 9.72 Å². The van der Waals surface area contributed by atoms with Crippen LogP contribution in [0.15, 0.2) is 36.5 Å². The Balaban J connectivity index is 2.10. The summed E-state index contributed by atoms with van der Waals surface area (Å²) in [5, 5.41) is 1.86. The van der Waals surface area contributed by atoms with Gasteiger partial charge in [0.05, 0.1) is 7.11 Å². The molecule has 21 heavy (non-hydrogen) atoms. The van der Waals surface area contributed by atoms with E-state index in [1.807, 2.05) is 18.2 Å². The number of rotatable bonds is 3. The van der Waals surface area contributed by atoms with Gasteiger partial charge in [0.1, 0.15) is 0 Å².